The maximum Gasteiger partial charge on any atom is 0.416 e. The number of carbonyl (C=O) groups excluding carboxylic acids is 3. The number of methoxy groups -OCH3 is 1. The fraction of sp³-hybridized carbons (Fsp3) is 0.286. The van der Waals surface area contributed by atoms with Gasteiger partial charge >= 0.3 is 18.1 Å². The predicted molar refractivity (Wildman–Crippen MR) is 163 cm³/mol. The van der Waals surface area contributed by atoms with E-state index in [9.17, 15) is 31.9 Å². The molecule has 2 aliphatic rings. The van der Waals surface area contributed by atoms with Crippen molar-refractivity contribution in [1.82, 2.24) is 0 Å². The van der Waals surface area contributed by atoms with Crippen molar-refractivity contribution in [2.75, 3.05) is 25.2 Å². The van der Waals surface area contributed by atoms with Crippen LogP contribution in [0.15, 0.2) is 95.5 Å². The van der Waals surface area contributed by atoms with Gasteiger partial charge in [-0.15, -0.1) is 0 Å². The molecule has 1 aliphatic carbocycles. The normalized spacial score (nSPS) is 19.8. The highest BCUT2D eigenvalue weighted by atomic mass is 19.4. The molecule has 3 aromatic carbocycles. The summed E-state index contributed by atoms with van der Waals surface area (Å²) in [6, 6.07) is 16.0. The minimum absolute atomic E-state index is 0.00837. The van der Waals surface area contributed by atoms with Crippen molar-refractivity contribution in [3.05, 3.63) is 118 Å². The van der Waals surface area contributed by atoms with E-state index in [2.05, 4.69) is 0 Å². The maximum absolute atomic E-state index is 14.8. The number of alkyl halides is 3. The van der Waals surface area contributed by atoms with E-state index >= 15 is 0 Å². The van der Waals surface area contributed by atoms with Crippen molar-refractivity contribution < 1.29 is 46.2 Å². The predicted octanol–water partition coefficient (Wildman–Crippen LogP) is 6.38. The first-order valence-corrected chi connectivity index (χ1v) is 14.9. The number of ketones is 1. The molecule has 3 aromatic rings. The van der Waals surface area contributed by atoms with Gasteiger partial charge in [0, 0.05) is 22.9 Å². The van der Waals surface area contributed by atoms with Gasteiger partial charge in [0.05, 0.1) is 37.4 Å². The van der Waals surface area contributed by atoms with Gasteiger partial charge in [-0.25, -0.2) is 9.18 Å². The monoisotopic (exact) mass is 652 g/mol. The number of hydrogen-bond acceptors (Lipinski definition) is 8. The van der Waals surface area contributed by atoms with Gasteiger partial charge in [-0.05, 0) is 79.9 Å². The number of Topliss-reactive ketones (excluding diaryl/α,β-unsaturated/α-hetero) is 1. The van der Waals surface area contributed by atoms with E-state index in [1.54, 1.807) is 38.1 Å². The van der Waals surface area contributed by atoms with Gasteiger partial charge in [0.1, 0.15) is 23.3 Å². The Morgan fingerprint density at radius 3 is 2.19 bits per heavy atom. The second-order valence-electron chi connectivity index (χ2n) is 10.9. The third-order valence-corrected chi connectivity index (χ3v) is 8.25. The van der Waals surface area contributed by atoms with Crippen LogP contribution in [0.2, 0.25) is 0 Å². The molecular weight excluding hydrogens is 620 g/mol. The van der Waals surface area contributed by atoms with E-state index < -0.39 is 53.0 Å². The van der Waals surface area contributed by atoms with Crippen LogP contribution in [0.4, 0.5) is 23.2 Å². The Balaban J connectivity index is 1.82. The van der Waals surface area contributed by atoms with Crippen LogP contribution in [0.5, 0.6) is 5.75 Å². The summed E-state index contributed by atoms with van der Waals surface area (Å²) < 4.78 is 70.8. The SMILES string of the molecule is CCOC(=O)C1=C(N)N(c2ccc(C(F)(F)F)cc2)C2=C(C(=O)[C@H](C(=O)OCC)[C@@H](c3cccc(OC)c3)C2)[C@@H]1c1ccc(F)cc1. The molecule has 0 amide bonds. The van der Waals surface area contributed by atoms with E-state index in [1.165, 1.54) is 36.3 Å². The highest BCUT2D eigenvalue weighted by molar-refractivity contribution is 6.14. The first-order valence-electron chi connectivity index (χ1n) is 14.9. The Hall–Kier alpha value is -5.13. The average molecular weight is 653 g/mol. The van der Waals surface area contributed by atoms with Crippen LogP contribution < -0.4 is 15.4 Å². The smallest absolute Gasteiger partial charge is 0.416 e. The van der Waals surface area contributed by atoms with Gasteiger partial charge in [-0.2, -0.15) is 13.2 Å². The lowest BCUT2D eigenvalue weighted by Crippen LogP contribution is -2.46. The fourth-order valence-electron chi connectivity index (χ4n) is 6.21. The summed E-state index contributed by atoms with van der Waals surface area (Å²) in [5, 5.41) is 0. The number of ether oxygens (including phenoxy) is 3. The summed E-state index contributed by atoms with van der Waals surface area (Å²) in [6.07, 6.45) is -4.64. The zero-order valence-electron chi connectivity index (χ0n) is 25.8. The topological polar surface area (TPSA) is 108 Å². The Kier molecular flexibility index (Phi) is 9.41. The molecule has 0 saturated heterocycles. The van der Waals surface area contributed by atoms with Gasteiger partial charge in [0.15, 0.2) is 5.78 Å². The number of anilines is 1. The van der Waals surface area contributed by atoms with E-state index in [0.29, 0.717) is 16.9 Å². The highest BCUT2D eigenvalue weighted by Gasteiger charge is 2.51. The molecular formula is C35H32F4N2O6. The van der Waals surface area contributed by atoms with Crippen molar-refractivity contribution in [1.29, 1.82) is 0 Å². The van der Waals surface area contributed by atoms with Crippen molar-refractivity contribution in [3.63, 3.8) is 0 Å². The van der Waals surface area contributed by atoms with Crippen LogP contribution in [-0.4, -0.2) is 38.0 Å². The lowest BCUT2D eigenvalue weighted by Gasteiger charge is -2.44. The summed E-state index contributed by atoms with van der Waals surface area (Å²) >= 11 is 0. The lowest BCUT2D eigenvalue weighted by molar-refractivity contribution is -0.152. The molecule has 2 N–H and O–H groups in total. The summed E-state index contributed by atoms with van der Waals surface area (Å²) in [5.41, 5.74) is 6.89. The second-order valence-corrected chi connectivity index (χ2v) is 10.9. The lowest BCUT2D eigenvalue weighted by atomic mass is 9.67. The number of esters is 2. The largest absolute Gasteiger partial charge is 0.497 e. The third-order valence-electron chi connectivity index (χ3n) is 8.25. The molecule has 5 rings (SSSR count). The molecule has 0 bridgehead atoms. The zero-order valence-corrected chi connectivity index (χ0v) is 25.8. The number of hydrogen-bond donors (Lipinski definition) is 1. The molecule has 12 heteroatoms. The quantitative estimate of drug-likeness (QED) is 0.170. The fourth-order valence-corrected chi connectivity index (χ4v) is 6.21. The minimum Gasteiger partial charge on any atom is -0.497 e. The van der Waals surface area contributed by atoms with Crippen molar-refractivity contribution in [3.8, 4) is 5.75 Å². The van der Waals surface area contributed by atoms with Crippen molar-refractivity contribution in [2.45, 2.75) is 38.3 Å². The molecule has 1 heterocycles. The third kappa shape index (κ3) is 6.32. The molecule has 0 unspecified atom stereocenters. The van der Waals surface area contributed by atoms with Crippen LogP contribution in [0.3, 0.4) is 0 Å². The van der Waals surface area contributed by atoms with Crippen LogP contribution in [0.25, 0.3) is 0 Å². The van der Waals surface area contributed by atoms with Gasteiger partial charge in [0.2, 0.25) is 0 Å². The first kappa shape index (κ1) is 33.2. The number of carbonyl (C=O) groups is 3. The molecule has 8 nitrogen and oxygen atoms in total. The summed E-state index contributed by atoms with van der Waals surface area (Å²) in [6.45, 7) is 3.10. The number of halogens is 4. The van der Waals surface area contributed by atoms with Crippen molar-refractivity contribution >= 4 is 23.4 Å². The van der Waals surface area contributed by atoms with Gasteiger partial charge in [-0.1, -0.05) is 24.3 Å². The number of nitrogens with zero attached hydrogens (tertiary/aromatic N) is 1. The second kappa shape index (κ2) is 13.3. The standard InChI is InChI=1S/C35H32F4N2O6/c1-4-46-33(43)28-25(20-7-6-8-24(17-20)45-3)18-26-29(31(28)42)27(19-9-13-22(36)14-10-19)30(34(44)47-5-2)32(40)41(26)23-15-11-21(12-16-23)35(37,38)39/h6-17,25,27-28H,4-5,18,40H2,1-3H3/t25-,27+,28-/m1/s1. The van der Waals surface area contributed by atoms with Gasteiger partial charge in [-0.3, -0.25) is 14.5 Å². The number of rotatable bonds is 8. The van der Waals surface area contributed by atoms with Gasteiger partial charge in [0.25, 0.3) is 0 Å². The Labute approximate surface area is 268 Å². The molecule has 47 heavy (non-hydrogen) atoms. The average Bonchev–Trinajstić information content (AvgIpc) is 3.04. The van der Waals surface area contributed by atoms with E-state index in [0.717, 1.165) is 24.3 Å². The van der Waals surface area contributed by atoms with E-state index in [-0.39, 0.29) is 48.0 Å². The maximum atomic E-state index is 14.8. The highest BCUT2D eigenvalue weighted by Crippen LogP contribution is 2.52. The number of benzene rings is 3. The summed E-state index contributed by atoms with van der Waals surface area (Å²) in [4.78, 5) is 43.4. The molecule has 0 fully saturated rings. The molecule has 1 aliphatic heterocycles. The zero-order chi connectivity index (χ0) is 34.0. The molecule has 0 radical (unpaired) electrons. The molecule has 246 valence electrons. The molecule has 0 aromatic heterocycles. The van der Waals surface area contributed by atoms with E-state index in [4.69, 9.17) is 19.9 Å². The van der Waals surface area contributed by atoms with Gasteiger partial charge < -0.3 is 19.9 Å². The van der Waals surface area contributed by atoms with Crippen LogP contribution in [-0.2, 0) is 30.0 Å². The van der Waals surface area contributed by atoms with Crippen molar-refractivity contribution in [2.24, 2.45) is 11.7 Å². The molecule has 3 atom stereocenters. The van der Waals surface area contributed by atoms with E-state index in [1.807, 2.05) is 0 Å². The molecule has 0 spiro atoms. The Bertz CT molecular complexity index is 1750. The molecule has 0 saturated carbocycles. The Morgan fingerprint density at radius 1 is 0.936 bits per heavy atom. The number of nitrogens with two attached hydrogens (primary N) is 1. The minimum atomic E-state index is -4.62. The van der Waals surface area contributed by atoms with Crippen LogP contribution in [0.1, 0.15) is 48.8 Å². The first-order chi connectivity index (χ1) is 22.4. The number of allylic oxidation sites excluding steroid dienone is 2. The summed E-state index contributed by atoms with van der Waals surface area (Å²) in [5.74, 6) is -6.06. The Morgan fingerprint density at radius 2 is 1.60 bits per heavy atom. The van der Waals surface area contributed by atoms with Crippen LogP contribution in [0, 0.1) is 11.7 Å². The van der Waals surface area contributed by atoms with Crippen LogP contribution >= 0.6 is 0 Å². The summed E-state index contributed by atoms with van der Waals surface area (Å²) in [7, 11) is 1.47.